The lowest BCUT2D eigenvalue weighted by Crippen LogP contribution is -2.53. The third-order valence-corrected chi connectivity index (χ3v) is 6.40. The number of aromatic carboxylic acids is 1. The summed E-state index contributed by atoms with van der Waals surface area (Å²) in [5.74, 6) is -2.29. The van der Waals surface area contributed by atoms with Crippen molar-refractivity contribution < 1.29 is 28.9 Å². The van der Waals surface area contributed by atoms with Gasteiger partial charge in [-0.1, -0.05) is 24.3 Å². The zero-order valence-electron chi connectivity index (χ0n) is 18.3. The van der Waals surface area contributed by atoms with Gasteiger partial charge < -0.3 is 29.4 Å². The Balaban J connectivity index is 1.69. The third kappa shape index (κ3) is 4.91. The number of fused-ring (bicyclic) bond motifs is 1. The molecule has 1 amide bonds. The van der Waals surface area contributed by atoms with Crippen LogP contribution in [0.3, 0.4) is 0 Å². The third-order valence-electron chi connectivity index (χ3n) is 6.40. The first-order chi connectivity index (χ1) is 14.8. The quantitative estimate of drug-likeness (QED) is 0.490. The van der Waals surface area contributed by atoms with Gasteiger partial charge in [-0.2, -0.15) is 0 Å². The number of carboxylic acid groups (broad SMARTS) is 1. The molecule has 8 heteroatoms. The van der Waals surface area contributed by atoms with Gasteiger partial charge in [0.2, 0.25) is 0 Å². The summed E-state index contributed by atoms with van der Waals surface area (Å²) in [6.45, 7) is 10.7. The van der Waals surface area contributed by atoms with Crippen molar-refractivity contribution >= 4 is 19.0 Å². The molecule has 2 aromatic rings. The minimum absolute atomic E-state index is 0.0919. The minimum atomic E-state index is -1.37. The number of amides is 1. The highest BCUT2D eigenvalue weighted by Gasteiger charge is 2.37. The molecule has 2 N–H and O–H groups in total. The van der Waals surface area contributed by atoms with Crippen LogP contribution in [-0.4, -0.2) is 54.1 Å². The van der Waals surface area contributed by atoms with E-state index < -0.39 is 19.0 Å². The summed E-state index contributed by atoms with van der Waals surface area (Å²) in [6.07, 6.45) is 0.255. The lowest BCUT2D eigenvalue weighted by atomic mass is 9.72. The monoisotopic (exact) mass is 424 g/mol. The second-order valence-electron chi connectivity index (χ2n) is 8.02. The van der Waals surface area contributed by atoms with Gasteiger partial charge in [0.15, 0.2) is 0 Å². The fourth-order valence-electron chi connectivity index (χ4n) is 4.12. The highest BCUT2D eigenvalue weighted by molar-refractivity contribution is 6.47. The Morgan fingerprint density at radius 3 is 2.35 bits per heavy atom. The molecule has 0 spiro atoms. The van der Waals surface area contributed by atoms with Crippen LogP contribution in [0.25, 0.3) is 0 Å². The van der Waals surface area contributed by atoms with Crippen LogP contribution in [0.15, 0.2) is 42.5 Å². The number of nitrogens with zero attached hydrogens (tertiary/aromatic N) is 1. The van der Waals surface area contributed by atoms with Gasteiger partial charge in [0.05, 0.1) is 31.5 Å². The zero-order valence-corrected chi connectivity index (χ0v) is 18.3. The number of hydrogen-bond acceptors (Lipinski definition) is 5. The molecule has 3 rings (SSSR count). The molecule has 1 atom stereocenters. The van der Waals surface area contributed by atoms with Gasteiger partial charge >= 0.3 is 7.12 Å². The average molecular weight is 424 g/mol. The van der Waals surface area contributed by atoms with E-state index in [-0.39, 0.29) is 23.6 Å². The SMILES string of the molecule is CC[N+](CC)(CC)Cc1ccc(C(=O)N[C@H]2Cc3cccc(C(=O)[O-])c3OB2O)cc1. The largest absolute Gasteiger partial charge is 0.547 e. The van der Waals surface area contributed by atoms with Gasteiger partial charge in [-0.15, -0.1) is 0 Å². The Morgan fingerprint density at radius 2 is 1.77 bits per heavy atom. The first kappa shape index (κ1) is 22.8. The van der Waals surface area contributed by atoms with Crippen molar-refractivity contribution in [3.05, 3.63) is 64.7 Å². The first-order valence-corrected chi connectivity index (χ1v) is 10.7. The predicted octanol–water partition coefficient (Wildman–Crippen LogP) is 1.18. The number of para-hydroxylation sites is 1. The number of carbonyl (C=O) groups is 2. The molecule has 2 aromatic carbocycles. The molecule has 0 aromatic heterocycles. The molecule has 0 radical (unpaired) electrons. The second kappa shape index (κ2) is 9.53. The zero-order chi connectivity index (χ0) is 22.6. The minimum Gasteiger partial charge on any atom is -0.545 e. The summed E-state index contributed by atoms with van der Waals surface area (Å²) >= 11 is 0. The number of benzene rings is 2. The topological polar surface area (TPSA) is 98.7 Å². The van der Waals surface area contributed by atoms with Crippen LogP contribution in [0.4, 0.5) is 0 Å². The van der Waals surface area contributed by atoms with Crippen LogP contribution < -0.4 is 15.1 Å². The van der Waals surface area contributed by atoms with Crippen molar-refractivity contribution in [3.63, 3.8) is 0 Å². The molecule has 1 aliphatic heterocycles. The number of carboxylic acids is 1. The summed E-state index contributed by atoms with van der Waals surface area (Å²) in [5.41, 5.74) is 2.15. The second-order valence-corrected chi connectivity index (χ2v) is 8.02. The number of quaternary nitrogens is 1. The van der Waals surface area contributed by atoms with Gasteiger partial charge in [0.1, 0.15) is 12.3 Å². The van der Waals surface area contributed by atoms with Gasteiger partial charge in [-0.05, 0) is 51.0 Å². The standard InChI is InChI=1S/C23H29BN2O5/c1-4-26(5-2,6-3)15-16-10-12-17(13-11-16)22(27)25-20-14-18-8-7-9-19(23(28)29)21(18)31-24(20)30/h7-13,20,30H,4-6,14-15H2,1-3H3,(H-,25,27,28,29)/t20-/m0/s1. The molecule has 0 fully saturated rings. The van der Waals surface area contributed by atoms with Crippen LogP contribution in [0, 0.1) is 0 Å². The van der Waals surface area contributed by atoms with E-state index in [0.29, 0.717) is 11.1 Å². The van der Waals surface area contributed by atoms with Crippen molar-refractivity contribution in [3.8, 4) is 5.75 Å². The summed E-state index contributed by atoms with van der Waals surface area (Å²) in [5, 5.41) is 24.4. The molecular formula is C23H29BN2O5. The summed E-state index contributed by atoms with van der Waals surface area (Å²) in [6, 6.07) is 12.2. The van der Waals surface area contributed by atoms with E-state index in [2.05, 4.69) is 26.1 Å². The number of nitrogens with one attached hydrogen (secondary N) is 1. The van der Waals surface area contributed by atoms with Crippen molar-refractivity contribution in [2.24, 2.45) is 0 Å². The molecule has 1 heterocycles. The molecule has 7 nitrogen and oxygen atoms in total. The van der Waals surface area contributed by atoms with E-state index >= 15 is 0 Å². The molecule has 0 saturated heterocycles. The Morgan fingerprint density at radius 1 is 1.13 bits per heavy atom. The highest BCUT2D eigenvalue weighted by Crippen LogP contribution is 2.29. The van der Waals surface area contributed by atoms with Gasteiger partial charge in [-0.25, -0.2) is 0 Å². The van der Waals surface area contributed by atoms with Crippen LogP contribution in [0.1, 0.15) is 52.6 Å². The first-order valence-electron chi connectivity index (χ1n) is 10.7. The average Bonchev–Trinajstić information content (AvgIpc) is 2.78. The van der Waals surface area contributed by atoms with Crippen molar-refractivity contribution in [1.29, 1.82) is 0 Å². The van der Waals surface area contributed by atoms with E-state index in [4.69, 9.17) is 4.65 Å². The number of carbonyl (C=O) groups excluding carboxylic acids is 2. The molecule has 0 aliphatic carbocycles. The van der Waals surface area contributed by atoms with E-state index in [0.717, 1.165) is 30.7 Å². The van der Waals surface area contributed by atoms with Crippen LogP contribution in [0.5, 0.6) is 5.75 Å². The molecule has 0 saturated carbocycles. The van der Waals surface area contributed by atoms with Gasteiger partial charge in [0.25, 0.3) is 5.91 Å². The fraction of sp³-hybridized carbons (Fsp3) is 0.391. The fourth-order valence-corrected chi connectivity index (χ4v) is 4.12. The van der Waals surface area contributed by atoms with E-state index in [9.17, 15) is 19.7 Å². The lowest BCUT2D eigenvalue weighted by molar-refractivity contribution is -0.936. The van der Waals surface area contributed by atoms with Crippen molar-refractivity contribution in [1.82, 2.24) is 5.32 Å². The Bertz CT molecular complexity index is 935. The Labute approximate surface area is 183 Å². The van der Waals surface area contributed by atoms with Gasteiger partial charge in [0, 0.05) is 16.7 Å². The molecule has 0 unspecified atom stereocenters. The Hall–Kier alpha value is -2.84. The molecule has 0 bridgehead atoms. The molecule has 164 valence electrons. The number of hydrogen-bond donors (Lipinski definition) is 2. The van der Waals surface area contributed by atoms with E-state index in [1.165, 1.54) is 11.6 Å². The Kier molecular flexibility index (Phi) is 7.03. The maximum atomic E-state index is 12.7. The van der Waals surface area contributed by atoms with Crippen molar-refractivity contribution in [2.75, 3.05) is 19.6 Å². The number of rotatable bonds is 8. The maximum Gasteiger partial charge on any atom is 0.547 e. The predicted molar refractivity (Wildman–Crippen MR) is 116 cm³/mol. The van der Waals surface area contributed by atoms with E-state index in [1.807, 2.05) is 12.1 Å². The summed E-state index contributed by atoms with van der Waals surface area (Å²) in [7, 11) is -1.35. The lowest BCUT2D eigenvalue weighted by Gasteiger charge is -2.35. The van der Waals surface area contributed by atoms with Crippen molar-refractivity contribution in [2.45, 2.75) is 39.7 Å². The van der Waals surface area contributed by atoms with Crippen LogP contribution in [0.2, 0.25) is 0 Å². The maximum absolute atomic E-state index is 12.7. The van der Waals surface area contributed by atoms with Crippen LogP contribution in [-0.2, 0) is 13.0 Å². The highest BCUT2D eigenvalue weighted by atomic mass is 16.5. The smallest absolute Gasteiger partial charge is 0.545 e. The molecule has 31 heavy (non-hydrogen) atoms. The molecule has 1 aliphatic rings. The van der Waals surface area contributed by atoms with Gasteiger partial charge in [-0.3, -0.25) is 4.79 Å². The molecular weight excluding hydrogens is 395 g/mol. The summed E-state index contributed by atoms with van der Waals surface area (Å²) < 4.78 is 6.39. The van der Waals surface area contributed by atoms with E-state index in [1.54, 1.807) is 24.3 Å². The summed E-state index contributed by atoms with van der Waals surface area (Å²) in [4.78, 5) is 24.0. The normalized spacial score (nSPS) is 15.7. The van der Waals surface area contributed by atoms with Crippen LogP contribution >= 0.6 is 0 Å².